The predicted molar refractivity (Wildman–Crippen MR) is 100 cm³/mol. The fraction of sp³-hybridized carbons (Fsp3) is 0.0667. The van der Waals surface area contributed by atoms with Gasteiger partial charge in [0.1, 0.15) is 0 Å². The van der Waals surface area contributed by atoms with Gasteiger partial charge in [-0.1, -0.05) is 33.3 Å². The molecule has 2 aromatic carbocycles. The summed E-state index contributed by atoms with van der Waals surface area (Å²) >= 11 is 4.54. The molecule has 1 amide bonds. The number of hydrogen-bond donors (Lipinski definition) is 2. The van der Waals surface area contributed by atoms with Crippen LogP contribution in [0.2, 0.25) is 0 Å². The molecule has 0 unspecified atom stereocenters. The lowest BCUT2D eigenvalue weighted by molar-refractivity contribution is 0.102. The van der Waals surface area contributed by atoms with Crippen LogP contribution >= 0.6 is 27.3 Å². The van der Waals surface area contributed by atoms with Crippen molar-refractivity contribution in [2.45, 2.75) is 0 Å². The van der Waals surface area contributed by atoms with Crippen LogP contribution in [-0.4, -0.2) is 25.6 Å². The van der Waals surface area contributed by atoms with E-state index in [4.69, 9.17) is 0 Å². The highest BCUT2D eigenvalue weighted by molar-refractivity contribution is 9.10. The molecule has 0 bridgehead atoms. The number of thiazole rings is 1. The Bertz CT molecular complexity index is 1030. The summed E-state index contributed by atoms with van der Waals surface area (Å²) in [5.41, 5.74) is 1.81. The predicted octanol–water partition coefficient (Wildman–Crippen LogP) is 3.68. The molecule has 0 fully saturated rings. The first-order chi connectivity index (χ1) is 11.3. The van der Waals surface area contributed by atoms with E-state index in [1.54, 1.807) is 36.4 Å². The van der Waals surface area contributed by atoms with E-state index >= 15 is 0 Å². The lowest BCUT2D eigenvalue weighted by atomic mass is 10.2. The molecule has 2 N–H and O–H groups in total. The monoisotopic (exact) mass is 425 g/mol. The van der Waals surface area contributed by atoms with E-state index in [1.807, 2.05) is 6.07 Å². The summed E-state index contributed by atoms with van der Waals surface area (Å²) in [5.74, 6) is -0.227. The van der Waals surface area contributed by atoms with Crippen LogP contribution in [0.25, 0.3) is 10.2 Å². The van der Waals surface area contributed by atoms with Crippen LogP contribution in [-0.2, 0) is 10.0 Å². The summed E-state index contributed by atoms with van der Waals surface area (Å²) in [4.78, 5) is 16.5. The number of amides is 1. The van der Waals surface area contributed by atoms with E-state index < -0.39 is 10.0 Å². The maximum absolute atomic E-state index is 12.3. The standard InChI is InChI=1S/C15H12BrN3O3S2/c1-24(21,22)19-15-18-12-6-5-11(8-13(12)23-15)17-14(20)9-3-2-4-10(16)7-9/h2-8H,1H3,(H,17,20)(H,18,19). The molecule has 0 aliphatic carbocycles. The van der Waals surface area contributed by atoms with Gasteiger partial charge in [0.05, 0.1) is 16.5 Å². The van der Waals surface area contributed by atoms with Gasteiger partial charge in [-0.2, -0.15) is 0 Å². The summed E-state index contributed by atoms with van der Waals surface area (Å²) in [6.45, 7) is 0. The van der Waals surface area contributed by atoms with Crippen LogP contribution in [0.15, 0.2) is 46.9 Å². The number of anilines is 2. The van der Waals surface area contributed by atoms with Crippen molar-refractivity contribution in [2.24, 2.45) is 0 Å². The summed E-state index contributed by atoms with van der Waals surface area (Å²) in [5, 5.41) is 3.11. The minimum atomic E-state index is -3.37. The fourth-order valence-electron chi connectivity index (χ4n) is 2.04. The van der Waals surface area contributed by atoms with E-state index in [0.717, 1.165) is 15.4 Å². The van der Waals surface area contributed by atoms with Crippen molar-refractivity contribution in [3.8, 4) is 0 Å². The molecule has 3 rings (SSSR count). The summed E-state index contributed by atoms with van der Waals surface area (Å²) in [6.07, 6.45) is 1.07. The lowest BCUT2D eigenvalue weighted by Gasteiger charge is -2.05. The average molecular weight is 426 g/mol. The molecule has 0 atom stereocenters. The summed E-state index contributed by atoms with van der Waals surface area (Å²) < 4.78 is 26.5. The Hall–Kier alpha value is -1.97. The number of aromatic nitrogens is 1. The number of rotatable bonds is 4. The van der Waals surface area contributed by atoms with Crippen LogP contribution in [0.5, 0.6) is 0 Å². The number of halogens is 1. The summed E-state index contributed by atoms with van der Waals surface area (Å²) in [7, 11) is -3.37. The Morgan fingerprint density at radius 1 is 1.21 bits per heavy atom. The quantitative estimate of drug-likeness (QED) is 0.666. The van der Waals surface area contributed by atoms with Gasteiger partial charge in [0.15, 0.2) is 5.13 Å². The van der Waals surface area contributed by atoms with Gasteiger partial charge in [-0.3, -0.25) is 9.52 Å². The first-order valence-electron chi connectivity index (χ1n) is 6.75. The van der Waals surface area contributed by atoms with Gasteiger partial charge in [0.25, 0.3) is 5.91 Å². The second kappa shape index (κ2) is 6.50. The first kappa shape index (κ1) is 16.9. The highest BCUT2D eigenvalue weighted by atomic mass is 79.9. The van der Waals surface area contributed by atoms with Crippen molar-refractivity contribution in [3.05, 3.63) is 52.5 Å². The Labute approximate surface area is 151 Å². The SMILES string of the molecule is CS(=O)(=O)Nc1nc2ccc(NC(=O)c3cccc(Br)c3)cc2s1. The van der Waals surface area contributed by atoms with Gasteiger partial charge < -0.3 is 5.32 Å². The minimum Gasteiger partial charge on any atom is -0.322 e. The number of benzene rings is 2. The Balaban J connectivity index is 1.84. The van der Waals surface area contributed by atoms with Gasteiger partial charge in [-0.05, 0) is 36.4 Å². The zero-order valence-corrected chi connectivity index (χ0v) is 15.6. The Morgan fingerprint density at radius 2 is 2.00 bits per heavy atom. The van der Waals surface area contributed by atoms with Gasteiger partial charge in [-0.15, -0.1) is 0 Å². The van der Waals surface area contributed by atoms with Gasteiger partial charge in [0.2, 0.25) is 10.0 Å². The average Bonchev–Trinajstić information content (AvgIpc) is 2.86. The molecule has 1 aromatic heterocycles. The van der Waals surface area contributed by atoms with Gasteiger partial charge in [-0.25, -0.2) is 13.4 Å². The Kier molecular flexibility index (Phi) is 4.57. The van der Waals surface area contributed by atoms with Crippen molar-refractivity contribution in [3.63, 3.8) is 0 Å². The topological polar surface area (TPSA) is 88.2 Å². The highest BCUT2D eigenvalue weighted by Crippen LogP contribution is 2.29. The van der Waals surface area contributed by atoms with Crippen molar-refractivity contribution >= 4 is 64.2 Å². The van der Waals surface area contributed by atoms with E-state index in [-0.39, 0.29) is 5.91 Å². The van der Waals surface area contributed by atoms with Crippen molar-refractivity contribution in [1.82, 2.24) is 4.98 Å². The second-order valence-electron chi connectivity index (χ2n) is 5.04. The number of sulfonamides is 1. The van der Waals surface area contributed by atoms with Crippen LogP contribution < -0.4 is 10.0 Å². The molecule has 3 aromatic rings. The third-order valence-electron chi connectivity index (χ3n) is 3.01. The molecule has 0 saturated carbocycles. The molecule has 1 heterocycles. The molecular weight excluding hydrogens is 414 g/mol. The van der Waals surface area contributed by atoms with Crippen LogP contribution in [0, 0.1) is 0 Å². The molecule has 0 saturated heterocycles. The third-order valence-corrected chi connectivity index (χ3v) is 5.13. The number of fused-ring (bicyclic) bond motifs is 1. The smallest absolute Gasteiger partial charge is 0.255 e. The van der Waals surface area contributed by atoms with E-state index in [1.165, 1.54) is 11.3 Å². The van der Waals surface area contributed by atoms with E-state index in [2.05, 4.69) is 31.0 Å². The maximum atomic E-state index is 12.3. The zero-order chi connectivity index (χ0) is 17.3. The van der Waals surface area contributed by atoms with E-state index in [0.29, 0.717) is 21.9 Å². The molecule has 24 heavy (non-hydrogen) atoms. The fourth-order valence-corrected chi connectivity index (χ4v) is 4.18. The van der Waals surface area contributed by atoms with Crippen molar-refractivity contribution in [1.29, 1.82) is 0 Å². The number of hydrogen-bond acceptors (Lipinski definition) is 5. The number of carbonyl (C=O) groups excluding carboxylic acids is 1. The van der Waals surface area contributed by atoms with Crippen LogP contribution in [0.4, 0.5) is 10.8 Å². The van der Waals surface area contributed by atoms with Gasteiger partial charge >= 0.3 is 0 Å². The minimum absolute atomic E-state index is 0.227. The maximum Gasteiger partial charge on any atom is 0.255 e. The third kappa shape index (κ3) is 4.11. The molecule has 124 valence electrons. The van der Waals surface area contributed by atoms with E-state index in [9.17, 15) is 13.2 Å². The first-order valence-corrected chi connectivity index (χ1v) is 10.3. The zero-order valence-electron chi connectivity index (χ0n) is 12.4. The van der Waals surface area contributed by atoms with Gasteiger partial charge in [0, 0.05) is 15.7 Å². The number of nitrogens with zero attached hydrogens (tertiary/aromatic N) is 1. The van der Waals surface area contributed by atoms with Crippen LogP contribution in [0.3, 0.4) is 0 Å². The van der Waals surface area contributed by atoms with Crippen molar-refractivity contribution < 1.29 is 13.2 Å². The number of nitrogens with one attached hydrogen (secondary N) is 2. The Morgan fingerprint density at radius 3 is 2.71 bits per heavy atom. The molecule has 0 aliphatic rings. The molecule has 6 nitrogen and oxygen atoms in total. The lowest BCUT2D eigenvalue weighted by Crippen LogP contribution is -2.11. The molecule has 9 heteroatoms. The van der Waals surface area contributed by atoms with Crippen LogP contribution in [0.1, 0.15) is 10.4 Å². The molecule has 0 spiro atoms. The largest absolute Gasteiger partial charge is 0.322 e. The van der Waals surface area contributed by atoms with Crippen molar-refractivity contribution in [2.75, 3.05) is 16.3 Å². The second-order valence-corrected chi connectivity index (χ2v) is 8.74. The highest BCUT2D eigenvalue weighted by Gasteiger charge is 2.11. The molecule has 0 aliphatic heterocycles. The normalized spacial score (nSPS) is 11.4. The molecular formula is C15H12BrN3O3S2. The summed E-state index contributed by atoms with van der Waals surface area (Å²) in [6, 6.07) is 12.3. The number of carbonyl (C=O) groups is 1. The molecule has 0 radical (unpaired) electrons.